The van der Waals surface area contributed by atoms with Gasteiger partial charge in [0.2, 0.25) is 5.91 Å². The molecule has 132 valence electrons. The van der Waals surface area contributed by atoms with Crippen LogP contribution < -0.4 is 5.32 Å². The van der Waals surface area contributed by atoms with E-state index in [9.17, 15) is 4.79 Å². The largest absolute Gasteiger partial charge is 0.348 e. The third-order valence-corrected chi connectivity index (χ3v) is 4.05. The molecule has 2 aromatic heterocycles. The molecule has 0 aliphatic carbocycles. The molecular formula is C21H22N4O. The SMILES string of the molecule is CC(C)c1ccc(/C=C/C(=O)NCc2ccc(-n3cccn3)nc2)cc1. The third-order valence-electron chi connectivity index (χ3n) is 4.05. The summed E-state index contributed by atoms with van der Waals surface area (Å²) in [6, 6.07) is 13.9. The van der Waals surface area contributed by atoms with Crippen LogP contribution in [0.15, 0.2) is 67.1 Å². The van der Waals surface area contributed by atoms with Gasteiger partial charge in [-0.2, -0.15) is 5.10 Å². The van der Waals surface area contributed by atoms with Gasteiger partial charge in [-0.15, -0.1) is 0 Å². The topological polar surface area (TPSA) is 59.8 Å². The quantitative estimate of drug-likeness (QED) is 0.692. The van der Waals surface area contributed by atoms with E-state index in [4.69, 9.17) is 0 Å². The Bertz CT molecular complexity index is 863. The van der Waals surface area contributed by atoms with Gasteiger partial charge in [0.05, 0.1) is 0 Å². The summed E-state index contributed by atoms with van der Waals surface area (Å²) in [5, 5.41) is 7.00. The Morgan fingerprint density at radius 1 is 1.19 bits per heavy atom. The van der Waals surface area contributed by atoms with Crippen LogP contribution in [0.4, 0.5) is 0 Å². The second-order valence-electron chi connectivity index (χ2n) is 6.35. The first-order valence-corrected chi connectivity index (χ1v) is 8.62. The van der Waals surface area contributed by atoms with Crippen LogP contribution >= 0.6 is 0 Å². The summed E-state index contributed by atoms with van der Waals surface area (Å²) in [4.78, 5) is 16.3. The molecule has 0 aliphatic heterocycles. The zero-order chi connectivity index (χ0) is 18.4. The molecule has 26 heavy (non-hydrogen) atoms. The van der Waals surface area contributed by atoms with Gasteiger partial charge in [-0.3, -0.25) is 4.79 Å². The van der Waals surface area contributed by atoms with Crippen molar-refractivity contribution in [1.82, 2.24) is 20.1 Å². The Kier molecular flexibility index (Phi) is 5.59. The monoisotopic (exact) mass is 346 g/mol. The highest BCUT2D eigenvalue weighted by Gasteiger charge is 2.01. The van der Waals surface area contributed by atoms with Crippen LogP contribution in [0.25, 0.3) is 11.9 Å². The minimum Gasteiger partial charge on any atom is -0.348 e. The summed E-state index contributed by atoms with van der Waals surface area (Å²) >= 11 is 0. The van der Waals surface area contributed by atoms with E-state index in [0.717, 1.165) is 16.9 Å². The first-order valence-electron chi connectivity index (χ1n) is 8.62. The van der Waals surface area contributed by atoms with Gasteiger partial charge in [0.1, 0.15) is 0 Å². The fraction of sp³-hybridized carbons (Fsp3) is 0.190. The third kappa shape index (κ3) is 4.66. The fourth-order valence-electron chi connectivity index (χ4n) is 2.47. The van der Waals surface area contributed by atoms with Crippen LogP contribution in [0.3, 0.4) is 0 Å². The summed E-state index contributed by atoms with van der Waals surface area (Å²) in [7, 11) is 0. The van der Waals surface area contributed by atoms with E-state index >= 15 is 0 Å². The smallest absolute Gasteiger partial charge is 0.244 e. The van der Waals surface area contributed by atoms with Crippen LogP contribution in [0, 0.1) is 0 Å². The molecule has 0 radical (unpaired) electrons. The van der Waals surface area contributed by atoms with Crippen LogP contribution in [-0.4, -0.2) is 20.7 Å². The van der Waals surface area contributed by atoms with Gasteiger partial charge in [0, 0.05) is 31.2 Å². The average Bonchev–Trinajstić information content (AvgIpc) is 3.20. The predicted octanol–water partition coefficient (Wildman–Crippen LogP) is 3.72. The molecule has 1 aromatic carbocycles. The highest BCUT2D eigenvalue weighted by Crippen LogP contribution is 2.15. The van der Waals surface area contributed by atoms with E-state index in [1.165, 1.54) is 5.56 Å². The average molecular weight is 346 g/mol. The van der Waals surface area contributed by atoms with Crippen molar-refractivity contribution < 1.29 is 4.79 Å². The molecule has 0 unspecified atom stereocenters. The van der Waals surface area contributed by atoms with E-state index in [1.807, 2.05) is 42.6 Å². The molecule has 0 saturated carbocycles. The first-order chi connectivity index (χ1) is 12.6. The predicted molar refractivity (Wildman–Crippen MR) is 103 cm³/mol. The summed E-state index contributed by atoms with van der Waals surface area (Å²) < 4.78 is 1.69. The molecule has 0 saturated heterocycles. The maximum Gasteiger partial charge on any atom is 0.244 e. The van der Waals surface area contributed by atoms with Crippen LogP contribution in [0.5, 0.6) is 0 Å². The second kappa shape index (κ2) is 8.25. The Balaban J connectivity index is 1.52. The van der Waals surface area contributed by atoms with Crippen molar-refractivity contribution in [2.24, 2.45) is 0 Å². The molecule has 0 fully saturated rings. The standard InChI is InChI=1S/C21H22N4O/c1-16(2)19-8-4-17(5-9-19)7-11-21(26)23-15-18-6-10-20(22-14-18)25-13-3-12-24-25/h3-14,16H,15H2,1-2H3,(H,23,26)/b11-7+. The van der Waals surface area contributed by atoms with Crippen molar-refractivity contribution in [2.75, 3.05) is 0 Å². The lowest BCUT2D eigenvalue weighted by atomic mass is 10.0. The molecule has 3 aromatic rings. The molecule has 0 atom stereocenters. The van der Waals surface area contributed by atoms with Gasteiger partial charge in [-0.25, -0.2) is 9.67 Å². The van der Waals surface area contributed by atoms with Crippen LogP contribution in [-0.2, 0) is 11.3 Å². The van der Waals surface area contributed by atoms with Crippen molar-refractivity contribution in [3.8, 4) is 5.82 Å². The molecule has 0 spiro atoms. The summed E-state index contributed by atoms with van der Waals surface area (Å²) in [5.74, 6) is 1.12. The molecule has 0 bridgehead atoms. The lowest BCUT2D eigenvalue weighted by Gasteiger charge is -2.05. The Morgan fingerprint density at radius 2 is 2.00 bits per heavy atom. The molecule has 2 heterocycles. The summed E-state index contributed by atoms with van der Waals surface area (Å²) in [6.45, 7) is 4.76. The maximum absolute atomic E-state index is 12.0. The van der Waals surface area contributed by atoms with Gasteiger partial charge < -0.3 is 5.32 Å². The van der Waals surface area contributed by atoms with E-state index in [1.54, 1.807) is 23.2 Å². The number of benzene rings is 1. The molecule has 1 N–H and O–H groups in total. The lowest BCUT2D eigenvalue weighted by Crippen LogP contribution is -2.20. The van der Waals surface area contributed by atoms with E-state index in [2.05, 4.69) is 41.4 Å². The van der Waals surface area contributed by atoms with Gasteiger partial charge in [0.15, 0.2) is 5.82 Å². The number of hydrogen-bond donors (Lipinski definition) is 1. The highest BCUT2D eigenvalue weighted by molar-refractivity contribution is 5.91. The van der Waals surface area contributed by atoms with Crippen LogP contribution in [0.1, 0.15) is 36.5 Å². The number of nitrogens with zero attached hydrogens (tertiary/aromatic N) is 3. The summed E-state index contributed by atoms with van der Waals surface area (Å²) in [5.41, 5.74) is 3.23. The number of nitrogens with one attached hydrogen (secondary N) is 1. The van der Waals surface area contributed by atoms with Gasteiger partial charge >= 0.3 is 0 Å². The molecule has 5 heteroatoms. The number of aromatic nitrogens is 3. The van der Waals surface area contributed by atoms with E-state index in [0.29, 0.717) is 12.5 Å². The normalized spacial score (nSPS) is 11.2. The van der Waals surface area contributed by atoms with Gasteiger partial charge in [-0.05, 0) is 40.8 Å². The molecule has 1 amide bonds. The number of amides is 1. The second-order valence-corrected chi connectivity index (χ2v) is 6.35. The molecule has 0 aliphatic rings. The molecule has 3 rings (SSSR count). The Morgan fingerprint density at radius 3 is 2.62 bits per heavy atom. The molecule has 5 nitrogen and oxygen atoms in total. The van der Waals surface area contributed by atoms with E-state index < -0.39 is 0 Å². The summed E-state index contributed by atoms with van der Waals surface area (Å²) in [6.07, 6.45) is 8.65. The van der Waals surface area contributed by atoms with Gasteiger partial charge in [0.25, 0.3) is 0 Å². The first kappa shape index (κ1) is 17.6. The highest BCUT2D eigenvalue weighted by atomic mass is 16.1. The minimum atomic E-state index is -0.130. The Hall–Kier alpha value is -3.21. The number of pyridine rings is 1. The van der Waals surface area contributed by atoms with Crippen molar-refractivity contribution >= 4 is 12.0 Å². The number of rotatable bonds is 6. The van der Waals surface area contributed by atoms with Crippen LogP contribution in [0.2, 0.25) is 0 Å². The molecular weight excluding hydrogens is 324 g/mol. The van der Waals surface area contributed by atoms with Crippen molar-refractivity contribution in [3.05, 3.63) is 83.8 Å². The fourth-order valence-corrected chi connectivity index (χ4v) is 2.47. The van der Waals surface area contributed by atoms with E-state index in [-0.39, 0.29) is 5.91 Å². The Labute approximate surface area is 153 Å². The lowest BCUT2D eigenvalue weighted by molar-refractivity contribution is -0.116. The zero-order valence-electron chi connectivity index (χ0n) is 15.0. The number of hydrogen-bond acceptors (Lipinski definition) is 3. The number of carbonyl (C=O) groups is 1. The van der Waals surface area contributed by atoms with Crippen molar-refractivity contribution in [1.29, 1.82) is 0 Å². The maximum atomic E-state index is 12.0. The minimum absolute atomic E-state index is 0.130. The van der Waals surface area contributed by atoms with Crippen molar-refractivity contribution in [3.63, 3.8) is 0 Å². The van der Waals surface area contributed by atoms with Gasteiger partial charge in [-0.1, -0.05) is 44.2 Å². The number of carbonyl (C=O) groups excluding carboxylic acids is 1. The van der Waals surface area contributed by atoms with Crippen molar-refractivity contribution in [2.45, 2.75) is 26.3 Å². The zero-order valence-corrected chi connectivity index (χ0v) is 15.0.